The van der Waals surface area contributed by atoms with Crippen molar-refractivity contribution in [1.82, 2.24) is 0 Å². The van der Waals surface area contributed by atoms with Crippen LogP contribution >= 0.6 is 0 Å². The molecule has 4 saturated carbocycles. The predicted molar refractivity (Wildman–Crippen MR) is 233 cm³/mol. The zero-order valence-corrected chi connectivity index (χ0v) is 39.5. The molecule has 4 aliphatic carbocycles. The van der Waals surface area contributed by atoms with E-state index in [9.17, 15) is 19.2 Å². The van der Waals surface area contributed by atoms with Crippen LogP contribution in [0.15, 0.2) is 0 Å². The Bertz CT molecular complexity index is 1140. The number of esters is 4. The van der Waals surface area contributed by atoms with Crippen LogP contribution in [0.2, 0.25) is 0 Å². The van der Waals surface area contributed by atoms with Crippen molar-refractivity contribution in [2.45, 2.75) is 206 Å². The fourth-order valence-electron chi connectivity index (χ4n) is 10.5. The summed E-state index contributed by atoms with van der Waals surface area (Å²) in [5, 5.41) is 0. The molecule has 0 unspecified atom stereocenters. The van der Waals surface area contributed by atoms with Crippen molar-refractivity contribution in [2.75, 3.05) is 52.9 Å². The minimum Gasteiger partial charge on any atom is -0.458 e. The van der Waals surface area contributed by atoms with Gasteiger partial charge in [0.05, 0.1) is 31.8 Å². The largest absolute Gasteiger partial charge is 0.458 e. The summed E-state index contributed by atoms with van der Waals surface area (Å²) >= 11 is 0. The normalized spacial score (nSPS) is 19.9. The van der Waals surface area contributed by atoms with Crippen molar-refractivity contribution in [2.24, 2.45) is 29.1 Å². The lowest BCUT2D eigenvalue weighted by molar-refractivity contribution is -0.180. The van der Waals surface area contributed by atoms with E-state index in [1.165, 1.54) is 25.7 Å². The molecule has 0 aromatic carbocycles. The highest BCUT2D eigenvalue weighted by molar-refractivity contribution is 5.72. The Hall–Kier alpha value is -2.28. The van der Waals surface area contributed by atoms with Crippen molar-refractivity contribution in [1.29, 1.82) is 0 Å². The Morgan fingerprint density at radius 2 is 0.508 bits per heavy atom. The third-order valence-electron chi connectivity index (χ3n) is 14.4. The summed E-state index contributed by atoms with van der Waals surface area (Å²) in [5.41, 5.74) is -3.74. The maximum absolute atomic E-state index is 13.3. The maximum atomic E-state index is 13.3. The Morgan fingerprint density at radius 3 is 0.689 bits per heavy atom. The molecule has 0 spiro atoms. The Labute approximate surface area is 368 Å². The van der Waals surface area contributed by atoms with Gasteiger partial charge < -0.3 is 37.9 Å². The second-order valence-electron chi connectivity index (χ2n) is 21.1. The highest BCUT2D eigenvalue weighted by atomic mass is 16.6. The van der Waals surface area contributed by atoms with Gasteiger partial charge >= 0.3 is 23.9 Å². The van der Waals surface area contributed by atoms with Crippen LogP contribution in [0, 0.1) is 29.1 Å². The SMILES string of the molecule is CC(C)(OC(=O)COCC(COCC(=O)OC(C)(C)C1CCCCC1)(COCC(=O)OC(C)(C)C1CCCCC1)COCC(=O)OC(C)(C)C1CCCCC1)C1CCCCC1. The number of rotatable bonds is 24. The Kier molecular flexibility index (Phi) is 20.3. The summed E-state index contributed by atoms with van der Waals surface area (Å²) in [7, 11) is 0. The molecule has 0 amide bonds. The molecule has 0 aromatic heterocycles. The van der Waals surface area contributed by atoms with Gasteiger partial charge in [0, 0.05) is 0 Å². The van der Waals surface area contributed by atoms with Gasteiger partial charge in [-0.2, -0.15) is 0 Å². The van der Waals surface area contributed by atoms with Gasteiger partial charge in [0.25, 0.3) is 0 Å². The van der Waals surface area contributed by atoms with Crippen LogP contribution < -0.4 is 0 Å². The van der Waals surface area contributed by atoms with Crippen molar-refractivity contribution in [3.63, 3.8) is 0 Å². The van der Waals surface area contributed by atoms with Crippen LogP contribution in [0.1, 0.15) is 184 Å². The molecule has 0 aromatic rings. The molecule has 0 N–H and O–H groups in total. The van der Waals surface area contributed by atoms with Gasteiger partial charge in [-0.1, -0.05) is 77.0 Å². The summed E-state index contributed by atoms with van der Waals surface area (Å²) in [6.07, 6.45) is 21.8. The van der Waals surface area contributed by atoms with E-state index in [1.807, 2.05) is 55.4 Å². The molecule has 12 heteroatoms. The molecule has 0 bridgehead atoms. The number of ether oxygens (including phenoxy) is 8. The summed E-state index contributed by atoms with van der Waals surface area (Å²) in [6, 6.07) is 0. The molecule has 4 fully saturated rings. The van der Waals surface area contributed by atoms with Gasteiger partial charge in [-0.25, -0.2) is 19.2 Å². The molecule has 4 rings (SSSR count). The highest BCUT2D eigenvalue weighted by Gasteiger charge is 2.40. The molecule has 0 saturated heterocycles. The molecule has 352 valence electrons. The molecule has 61 heavy (non-hydrogen) atoms. The van der Waals surface area contributed by atoms with Crippen molar-refractivity contribution >= 4 is 23.9 Å². The van der Waals surface area contributed by atoms with Gasteiger partial charge in [0.15, 0.2) is 0 Å². The average molecular weight is 865 g/mol. The van der Waals surface area contributed by atoms with Crippen LogP contribution in [-0.4, -0.2) is 99.1 Å². The number of hydrogen-bond acceptors (Lipinski definition) is 12. The Balaban J connectivity index is 1.46. The standard InChI is InChI=1S/C49H84O12/c1-45(2,37-21-13-9-14-22-37)58-41(50)29-54-33-49(34-55-30-42(51)59-46(3,4)38-23-15-10-16-24-38,35-56-31-43(52)60-47(5,6)39-25-17-11-18-26-39)36-57-32-44(53)61-48(7,8)40-27-19-12-20-28-40/h37-40H,9-36H2,1-8H3. The first kappa shape index (κ1) is 51.4. The van der Waals surface area contributed by atoms with Crippen molar-refractivity contribution in [3.8, 4) is 0 Å². The second kappa shape index (κ2) is 24.1. The monoisotopic (exact) mass is 865 g/mol. The summed E-state index contributed by atoms with van der Waals surface area (Å²) < 4.78 is 48.2. The molecule has 4 aliphatic rings. The van der Waals surface area contributed by atoms with E-state index >= 15 is 0 Å². The highest BCUT2D eigenvalue weighted by Crippen LogP contribution is 2.38. The molecule has 0 aliphatic heterocycles. The smallest absolute Gasteiger partial charge is 0.332 e. The van der Waals surface area contributed by atoms with Crippen LogP contribution in [0.5, 0.6) is 0 Å². The molecule has 12 nitrogen and oxygen atoms in total. The van der Waals surface area contributed by atoms with Crippen molar-refractivity contribution < 1.29 is 57.1 Å². The van der Waals surface area contributed by atoms with E-state index in [1.54, 1.807) is 0 Å². The lowest BCUT2D eigenvalue weighted by atomic mass is 9.79. The maximum Gasteiger partial charge on any atom is 0.332 e. The average Bonchev–Trinajstić information content (AvgIpc) is 3.21. The van der Waals surface area contributed by atoms with E-state index in [-0.39, 0.29) is 76.5 Å². The van der Waals surface area contributed by atoms with Gasteiger partial charge in [-0.05, 0) is 130 Å². The zero-order chi connectivity index (χ0) is 44.6. The third-order valence-corrected chi connectivity index (χ3v) is 14.4. The van der Waals surface area contributed by atoms with Crippen LogP contribution in [0.25, 0.3) is 0 Å². The van der Waals surface area contributed by atoms with Gasteiger partial charge in [-0.3, -0.25) is 0 Å². The van der Waals surface area contributed by atoms with E-state index in [0.717, 1.165) is 103 Å². The zero-order valence-electron chi connectivity index (χ0n) is 39.5. The topological polar surface area (TPSA) is 142 Å². The second-order valence-corrected chi connectivity index (χ2v) is 21.1. The van der Waals surface area contributed by atoms with Crippen LogP contribution in [-0.2, 0) is 57.1 Å². The number of carbonyl (C=O) groups excluding carboxylic acids is 4. The fraction of sp³-hybridized carbons (Fsp3) is 0.918. The van der Waals surface area contributed by atoms with Crippen LogP contribution in [0.3, 0.4) is 0 Å². The minimum absolute atomic E-state index is 0.125. The van der Waals surface area contributed by atoms with Gasteiger partial charge in [0.2, 0.25) is 0 Å². The number of carbonyl (C=O) groups is 4. The molecule has 0 heterocycles. The molecular formula is C49H84O12. The summed E-state index contributed by atoms with van der Waals surface area (Å²) in [6.45, 7) is 13.8. The van der Waals surface area contributed by atoms with E-state index in [4.69, 9.17) is 37.9 Å². The van der Waals surface area contributed by atoms with Crippen molar-refractivity contribution in [3.05, 3.63) is 0 Å². The first-order valence-electron chi connectivity index (χ1n) is 24.0. The predicted octanol–water partition coefficient (Wildman–Crippen LogP) is 9.65. The molecular weight excluding hydrogens is 781 g/mol. The van der Waals surface area contributed by atoms with Crippen LogP contribution in [0.4, 0.5) is 0 Å². The molecule has 0 atom stereocenters. The summed E-state index contributed by atoms with van der Waals surface area (Å²) in [5.74, 6) is -0.904. The third kappa shape index (κ3) is 17.3. The lowest BCUT2D eigenvalue weighted by Gasteiger charge is -2.37. The molecule has 0 radical (unpaired) electrons. The lowest BCUT2D eigenvalue weighted by Crippen LogP contribution is -2.45. The fourth-order valence-corrected chi connectivity index (χ4v) is 10.5. The Morgan fingerprint density at radius 1 is 0.328 bits per heavy atom. The van der Waals surface area contributed by atoms with E-state index in [2.05, 4.69) is 0 Å². The first-order chi connectivity index (χ1) is 28.8. The minimum atomic E-state index is -1.17. The van der Waals surface area contributed by atoms with Gasteiger partial charge in [-0.15, -0.1) is 0 Å². The van der Waals surface area contributed by atoms with Gasteiger partial charge in [0.1, 0.15) is 48.8 Å². The van der Waals surface area contributed by atoms with E-state index < -0.39 is 51.7 Å². The number of hydrogen-bond donors (Lipinski definition) is 0. The summed E-state index contributed by atoms with van der Waals surface area (Å²) in [4.78, 5) is 53.0. The van der Waals surface area contributed by atoms with E-state index in [0.29, 0.717) is 0 Å². The first-order valence-corrected chi connectivity index (χ1v) is 24.0. The quantitative estimate of drug-likeness (QED) is 0.0674.